The summed E-state index contributed by atoms with van der Waals surface area (Å²) in [5, 5.41) is 14.0. The number of anilines is 1. The molecule has 3 unspecified atom stereocenters. The van der Waals surface area contributed by atoms with E-state index in [9.17, 15) is 9.90 Å². The van der Waals surface area contributed by atoms with Crippen LogP contribution in [0.4, 0.5) is 5.69 Å². The van der Waals surface area contributed by atoms with Crippen molar-refractivity contribution in [1.29, 1.82) is 0 Å². The third kappa shape index (κ3) is 3.74. The number of ether oxygens (including phenoxy) is 1. The summed E-state index contributed by atoms with van der Waals surface area (Å²) in [6.45, 7) is 6.93. The third-order valence-electron chi connectivity index (χ3n) is 7.26. The van der Waals surface area contributed by atoms with Crippen LogP contribution in [-0.2, 0) is 4.79 Å². The van der Waals surface area contributed by atoms with Crippen LogP contribution in [0, 0.1) is 17.3 Å². The first-order valence-electron chi connectivity index (χ1n) is 11.1. The van der Waals surface area contributed by atoms with Crippen LogP contribution >= 0.6 is 0 Å². The lowest BCUT2D eigenvalue weighted by Crippen LogP contribution is -2.33. The molecule has 0 saturated heterocycles. The number of rotatable bonds is 4. The minimum atomic E-state index is -0.530. The Kier molecular flexibility index (Phi) is 5.63. The van der Waals surface area contributed by atoms with Gasteiger partial charge in [-0.05, 0) is 72.4 Å². The molecule has 0 radical (unpaired) electrons. The lowest BCUT2D eigenvalue weighted by atomic mass is 9.64. The topological polar surface area (TPSA) is 58.6 Å². The number of fused-ring (bicyclic) bond motifs is 3. The van der Waals surface area contributed by atoms with Gasteiger partial charge in [0.2, 0.25) is 0 Å². The van der Waals surface area contributed by atoms with Crippen molar-refractivity contribution in [2.24, 2.45) is 17.3 Å². The van der Waals surface area contributed by atoms with Crippen molar-refractivity contribution < 1.29 is 14.6 Å². The second-order valence-electron chi connectivity index (χ2n) is 9.53. The number of hydrogen-bond acceptors (Lipinski definition) is 3. The fraction of sp³-hybridized carbons (Fsp3) is 0.500. The molecule has 4 rings (SSSR count). The summed E-state index contributed by atoms with van der Waals surface area (Å²) in [6.07, 6.45) is 8.37. The number of aliphatic hydroxyl groups is 1. The van der Waals surface area contributed by atoms with E-state index in [0.29, 0.717) is 17.9 Å². The Morgan fingerprint density at radius 2 is 1.93 bits per heavy atom. The smallest absolute Gasteiger partial charge is 0.251 e. The average Bonchev–Trinajstić information content (AvgIpc) is 2.99. The molecule has 2 N–H and O–H groups in total. The monoisotopic (exact) mass is 407 g/mol. The molecular weight excluding hydrogens is 374 g/mol. The molecule has 3 aliphatic rings. The second kappa shape index (κ2) is 8.07. The van der Waals surface area contributed by atoms with Gasteiger partial charge in [-0.3, -0.25) is 4.79 Å². The molecule has 0 aromatic heterocycles. The van der Waals surface area contributed by atoms with Crippen molar-refractivity contribution in [2.45, 2.75) is 59.0 Å². The fourth-order valence-electron chi connectivity index (χ4n) is 5.51. The van der Waals surface area contributed by atoms with Crippen molar-refractivity contribution in [3.05, 3.63) is 58.7 Å². The number of hydrogen-bond donors (Lipinski definition) is 2. The summed E-state index contributed by atoms with van der Waals surface area (Å²) in [5.41, 5.74) is 5.85. The predicted octanol–water partition coefficient (Wildman–Crippen LogP) is 5.41. The van der Waals surface area contributed by atoms with Crippen molar-refractivity contribution in [1.82, 2.24) is 0 Å². The van der Waals surface area contributed by atoms with Gasteiger partial charge in [0.05, 0.1) is 13.2 Å². The molecule has 160 valence electrons. The summed E-state index contributed by atoms with van der Waals surface area (Å²) in [7, 11) is 1.62. The van der Waals surface area contributed by atoms with E-state index in [-0.39, 0.29) is 17.2 Å². The maximum Gasteiger partial charge on any atom is 0.251 e. The molecule has 1 aromatic rings. The maximum absolute atomic E-state index is 12.9. The zero-order chi connectivity index (χ0) is 21.5. The molecule has 1 saturated carbocycles. The van der Waals surface area contributed by atoms with E-state index in [2.05, 4.69) is 32.2 Å². The van der Waals surface area contributed by atoms with Crippen molar-refractivity contribution in [3.8, 4) is 5.75 Å². The second-order valence-corrected chi connectivity index (χ2v) is 9.53. The lowest BCUT2D eigenvalue weighted by molar-refractivity contribution is -0.113. The first kappa shape index (κ1) is 20.9. The molecule has 0 spiro atoms. The van der Waals surface area contributed by atoms with Crippen molar-refractivity contribution in [2.75, 3.05) is 12.4 Å². The largest absolute Gasteiger partial charge is 0.497 e. The van der Waals surface area contributed by atoms with Gasteiger partial charge in [-0.1, -0.05) is 38.5 Å². The highest BCUT2D eigenvalue weighted by Crippen LogP contribution is 2.57. The fourth-order valence-corrected chi connectivity index (χ4v) is 5.51. The number of allylic oxidation sites excluding steroid dienone is 4. The zero-order valence-electron chi connectivity index (χ0n) is 18.5. The van der Waals surface area contributed by atoms with E-state index in [4.69, 9.17) is 4.74 Å². The lowest BCUT2D eigenvalue weighted by Gasteiger charge is -2.41. The highest BCUT2D eigenvalue weighted by Gasteiger charge is 2.46. The zero-order valence-corrected chi connectivity index (χ0v) is 18.5. The van der Waals surface area contributed by atoms with Crippen LogP contribution in [0.25, 0.3) is 0 Å². The minimum Gasteiger partial charge on any atom is -0.497 e. The summed E-state index contributed by atoms with van der Waals surface area (Å²) in [5.74, 6) is 1.23. The molecule has 1 aromatic carbocycles. The molecule has 4 heteroatoms. The van der Waals surface area contributed by atoms with Gasteiger partial charge < -0.3 is 15.2 Å². The third-order valence-corrected chi connectivity index (χ3v) is 7.26. The van der Waals surface area contributed by atoms with E-state index >= 15 is 0 Å². The number of methoxy groups -OCH3 is 1. The standard InChI is InChI=1S/C26H33NO3/c1-16(2)20-11-13-26(3)14-12-21-22(24(20)26)10-5-17(15-23(21)28)25(29)27-18-6-8-19(30-4)9-7-18/h5-10,16,21,23,28H,11-15H2,1-4H3,(H,27,29). The Labute approximate surface area is 179 Å². The van der Waals surface area contributed by atoms with Crippen molar-refractivity contribution in [3.63, 3.8) is 0 Å². The summed E-state index contributed by atoms with van der Waals surface area (Å²) in [6, 6.07) is 7.30. The maximum atomic E-state index is 12.9. The highest BCUT2D eigenvalue weighted by atomic mass is 16.5. The van der Waals surface area contributed by atoms with Crippen LogP contribution in [-0.4, -0.2) is 24.2 Å². The molecule has 30 heavy (non-hydrogen) atoms. The van der Waals surface area contributed by atoms with Crippen LogP contribution in [0.15, 0.2) is 58.7 Å². The molecular formula is C26H33NO3. The highest BCUT2D eigenvalue weighted by molar-refractivity contribution is 6.04. The molecule has 3 atom stereocenters. The van der Waals surface area contributed by atoms with E-state index < -0.39 is 6.10 Å². The van der Waals surface area contributed by atoms with Gasteiger partial charge in [-0.15, -0.1) is 0 Å². The van der Waals surface area contributed by atoms with E-state index in [1.807, 2.05) is 30.3 Å². The quantitative estimate of drug-likeness (QED) is 0.701. The Hall–Kier alpha value is -2.33. The number of benzene rings is 1. The number of carbonyl (C=O) groups is 1. The van der Waals surface area contributed by atoms with Gasteiger partial charge in [0.25, 0.3) is 5.91 Å². The number of nitrogens with one attached hydrogen (secondary N) is 1. The van der Waals surface area contributed by atoms with Crippen LogP contribution in [0.5, 0.6) is 5.75 Å². The van der Waals surface area contributed by atoms with Crippen molar-refractivity contribution >= 4 is 11.6 Å². The summed E-state index contributed by atoms with van der Waals surface area (Å²) >= 11 is 0. The number of aliphatic hydroxyl groups excluding tert-OH is 1. The van der Waals surface area contributed by atoms with E-state index in [1.54, 1.807) is 12.7 Å². The van der Waals surface area contributed by atoms with Gasteiger partial charge in [0.15, 0.2) is 0 Å². The predicted molar refractivity (Wildman–Crippen MR) is 120 cm³/mol. The Morgan fingerprint density at radius 1 is 1.20 bits per heavy atom. The minimum absolute atomic E-state index is 0.113. The molecule has 3 aliphatic carbocycles. The molecule has 0 aliphatic heterocycles. The van der Waals surface area contributed by atoms with Gasteiger partial charge in [-0.2, -0.15) is 0 Å². The van der Waals surface area contributed by atoms with Crippen LogP contribution in [0.2, 0.25) is 0 Å². The van der Waals surface area contributed by atoms with Gasteiger partial charge in [0.1, 0.15) is 5.75 Å². The normalized spacial score (nSPS) is 28.3. The average molecular weight is 408 g/mol. The first-order chi connectivity index (χ1) is 14.3. The summed E-state index contributed by atoms with van der Waals surface area (Å²) in [4.78, 5) is 12.9. The van der Waals surface area contributed by atoms with Gasteiger partial charge in [-0.25, -0.2) is 0 Å². The van der Waals surface area contributed by atoms with Gasteiger partial charge in [0, 0.05) is 23.6 Å². The Balaban J connectivity index is 1.63. The van der Waals surface area contributed by atoms with Crippen LogP contribution in [0.3, 0.4) is 0 Å². The molecule has 1 amide bonds. The summed E-state index contributed by atoms with van der Waals surface area (Å²) < 4.78 is 5.17. The molecule has 1 fully saturated rings. The SMILES string of the molecule is COc1ccc(NC(=O)C2=CC=C3C4=C(C(C)C)CCC4(C)CCC3C(O)C2)cc1. The first-order valence-corrected chi connectivity index (χ1v) is 11.1. The van der Waals surface area contributed by atoms with E-state index in [0.717, 1.165) is 30.7 Å². The molecule has 0 bridgehead atoms. The number of carbonyl (C=O) groups excluding carboxylic acids is 1. The molecule has 0 heterocycles. The molecule has 4 nitrogen and oxygen atoms in total. The van der Waals surface area contributed by atoms with Crippen LogP contribution < -0.4 is 10.1 Å². The Morgan fingerprint density at radius 3 is 2.60 bits per heavy atom. The van der Waals surface area contributed by atoms with Crippen LogP contribution in [0.1, 0.15) is 52.9 Å². The Bertz CT molecular complexity index is 922. The number of amides is 1. The van der Waals surface area contributed by atoms with Gasteiger partial charge >= 0.3 is 0 Å². The van der Waals surface area contributed by atoms with E-state index in [1.165, 1.54) is 17.6 Å².